The van der Waals surface area contributed by atoms with Crippen molar-refractivity contribution in [3.63, 3.8) is 0 Å². The van der Waals surface area contributed by atoms with Crippen LogP contribution in [0.25, 0.3) is 0 Å². The summed E-state index contributed by atoms with van der Waals surface area (Å²) in [5.74, 6) is 0.163. The van der Waals surface area contributed by atoms with Crippen molar-refractivity contribution in [3.8, 4) is 0 Å². The summed E-state index contributed by atoms with van der Waals surface area (Å²) in [4.78, 5) is 11.3. The lowest BCUT2D eigenvalue weighted by Crippen LogP contribution is -2.51. The maximum Gasteiger partial charge on any atom is 0.234 e. The molecule has 2 saturated carbocycles. The molecule has 3 heteroatoms. The van der Waals surface area contributed by atoms with Crippen LogP contribution < -0.4 is 10.6 Å². The first kappa shape index (κ1) is 9.00. The molecule has 1 amide bonds. The minimum absolute atomic E-state index is 0.163. The van der Waals surface area contributed by atoms with Crippen LogP contribution in [-0.2, 0) is 4.79 Å². The fourth-order valence-electron chi connectivity index (χ4n) is 1.68. The topological polar surface area (TPSA) is 41.1 Å². The molecular formula is C10H18N2O. The van der Waals surface area contributed by atoms with E-state index in [1.165, 1.54) is 32.1 Å². The zero-order chi connectivity index (χ0) is 9.31. The van der Waals surface area contributed by atoms with Gasteiger partial charge in [-0.2, -0.15) is 0 Å². The minimum Gasteiger partial charge on any atom is -0.352 e. The zero-order valence-corrected chi connectivity index (χ0v) is 8.23. The molecule has 13 heavy (non-hydrogen) atoms. The van der Waals surface area contributed by atoms with Crippen molar-refractivity contribution in [1.82, 2.24) is 10.6 Å². The summed E-state index contributed by atoms with van der Waals surface area (Å²) in [5, 5.41) is 6.29. The van der Waals surface area contributed by atoms with Crippen LogP contribution >= 0.6 is 0 Å². The second-order valence-electron chi connectivity index (χ2n) is 4.61. The van der Waals surface area contributed by atoms with Crippen molar-refractivity contribution in [1.29, 1.82) is 0 Å². The van der Waals surface area contributed by atoms with Crippen molar-refractivity contribution in [3.05, 3.63) is 0 Å². The van der Waals surface area contributed by atoms with Crippen LogP contribution in [0.3, 0.4) is 0 Å². The summed E-state index contributed by atoms with van der Waals surface area (Å²) >= 11 is 0. The lowest BCUT2D eigenvalue weighted by molar-refractivity contribution is -0.120. The van der Waals surface area contributed by atoms with Crippen LogP contribution in [0.1, 0.15) is 39.0 Å². The van der Waals surface area contributed by atoms with Gasteiger partial charge in [-0.05, 0) is 39.0 Å². The van der Waals surface area contributed by atoms with E-state index in [1.54, 1.807) is 0 Å². The Labute approximate surface area is 79.3 Å². The van der Waals surface area contributed by atoms with E-state index in [9.17, 15) is 4.79 Å². The molecule has 74 valence electrons. The van der Waals surface area contributed by atoms with Gasteiger partial charge in [-0.3, -0.25) is 4.79 Å². The summed E-state index contributed by atoms with van der Waals surface area (Å²) in [6, 6.07) is 0.489. The largest absolute Gasteiger partial charge is 0.352 e. The van der Waals surface area contributed by atoms with Gasteiger partial charge < -0.3 is 10.6 Å². The monoisotopic (exact) mass is 182 g/mol. The molecule has 2 aliphatic carbocycles. The number of hydrogen-bond acceptors (Lipinski definition) is 2. The molecule has 0 aromatic heterocycles. The Kier molecular flexibility index (Phi) is 2.28. The van der Waals surface area contributed by atoms with E-state index in [2.05, 4.69) is 17.6 Å². The van der Waals surface area contributed by atoms with E-state index < -0.39 is 0 Å². The summed E-state index contributed by atoms with van der Waals surface area (Å²) in [7, 11) is 0. The van der Waals surface area contributed by atoms with Crippen LogP contribution in [0.4, 0.5) is 0 Å². The number of rotatable bonds is 4. The molecule has 0 unspecified atom stereocenters. The highest BCUT2D eigenvalue weighted by Crippen LogP contribution is 2.30. The molecule has 0 radical (unpaired) electrons. The molecule has 0 spiro atoms. The van der Waals surface area contributed by atoms with Gasteiger partial charge in [-0.25, -0.2) is 0 Å². The molecule has 3 nitrogen and oxygen atoms in total. The first-order valence-corrected chi connectivity index (χ1v) is 5.22. The van der Waals surface area contributed by atoms with Crippen LogP contribution in [0.2, 0.25) is 0 Å². The first-order chi connectivity index (χ1) is 6.18. The van der Waals surface area contributed by atoms with Gasteiger partial charge in [-0.1, -0.05) is 0 Å². The van der Waals surface area contributed by atoms with Crippen LogP contribution in [0, 0.1) is 0 Å². The molecule has 0 atom stereocenters. The molecule has 0 aromatic carbocycles. The van der Waals surface area contributed by atoms with Crippen LogP contribution in [-0.4, -0.2) is 24.0 Å². The summed E-state index contributed by atoms with van der Waals surface area (Å²) < 4.78 is 0. The van der Waals surface area contributed by atoms with Crippen molar-refractivity contribution in [2.45, 2.75) is 50.6 Å². The van der Waals surface area contributed by atoms with E-state index >= 15 is 0 Å². The maximum atomic E-state index is 11.3. The Morgan fingerprint density at radius 1 is 1.46 bits per heavy atom. The quantitative estimate of drug-likeness (QED) is 0.675. The van der Waals surface area contributed by atoms with Crippen molar-refractivity contribution in [2.75, 3.05) is 6.54 Å². The van der Waals surface area contributed by atoms with Gasteiger partial charge >= 0.3 is 0 Å². The number of hydrogen-bond donors (Lipinski definition) is 2. The van der Waals surface area contributed by atoms with E-state index in [0.29, 0.717) is 12.6 Å². The fourth-order valence-corrected chi connectivity index (χ4v) is 1.68. The SMILES string of the molecule is CC1(NCC(=O)NC2CC2)CCC1. The van der Waals surface area contributed by atoms with E-state index in [1.807, 2.05) is 0 Å². The van der Waals surface area contributed by atoms with E-state index in [0.717, 1.165) is 0 Å². The number of nitrogens with one attached hydrogen (secondary N) is 2. The Morgan fingerprint density at radius 3 is 2.62 bits per heavy atom. The third-order valence-electron chi connectivity index (χ3n) is 3.08. The molecule has 0 bridgehead atoms. The molecule has 0 aromatic rings. The van der Waals surface area contributed by atoms with E-state index in [4.69, 9.17) is 0 Å². The first-order valence-electron chi connectivity index (χ1n) is 5.22. The Morgan fingerprint density at radius 2 is 2.15 bits per heavy atom. The van der Waals surface area contributed by atoms with Crippen molar-refractivity contribution >= 4 is 5.91 Å². The molecule has 0 saturated heterocycles. The fraction of sp³-hybridized carbons (Fsp3) is 0.900. The molecule has 2 fully saturated rings. The summed E-state index contributed by atoms with van der Waals surface area (Å²) in [6.45, 7) is 2.69. The van der Waals surface area contributed by atoms with Gasteiger partial charge in [0.15, 0.2) is 0 Å². The predicted molar refractivity (Wildman–Crippen MR) is 51.4 cm³/mol. The normalized spacial score (nSPS) is 25.0. The van der Waals surface area contributed by atoms with Gasteiger partial charge in [0.25, 0.3) is 0 Å². The number of carbonyl (C=O) groups excluding carboxylic acids is 1. The van der Waals surface area contributed by atoms with Crippen LogP contribution in [0.15, 0.2) is 0 Å². The van der Waals surface area contributed by atoms with E-state index in [-0.39, 0.29) is 11.4 Å². The van der Waals surface area contributed by atoms with Crippen molar-refractivity contribution in [2.24, 2.45) is 0 Å². The van der Waals surface area contributed by atoms with Crippen LogP contribution in [0.5, 0.6) is 0 Å². The van der Waals surface area contributed by atoms with Gasteiger partial charge in [0.2, 0.25) is 5.91 Å². The predicted octanol–water partition coefficient (Wildman–Crippen LogP) is 0.797. The highest BCUT2D eigenvalue weighted by atomic mass is 16.2. The van der Waals surface area contributed by atoms with Gasteiger partial charge in [0.05, 0.1) is 6.54 Å². The lowest BCUT2D eigenvalue weighted by Gasteiger charge is -2.39. The molecular weight excluding hydrogens is 164 g/mol. The second-order valence-corrected chi connectivity index (χ2v) is 4.61. The molecule has 2 aliphatic rings. The zero-order valence-electron chi connectivity index (χ0n) is 8.23. The highest BCUT2D eigenvalue weighted by Gasteiger charge is 2.32. The second kappa shape index (κ2) is 3.29. The molecule has 2 N–H and O–H groups in total. The highest BCUT2D eigenvalue weighted by molar-refractivity contribution is 5.78. The average Bonchev–Trinajstić information content (AvgIpc) is 2.81. The number of amides is 1. The minimum atomic E-state index is 0.163. The van der Waals surface area contributed by atoms with Crippen molar-refractivity contribution < 1.29 is 4.79 Å². The Hall–Kier alpha value is -0.570. The third-order valence-corrected chi connectivity index (χ3v) is 3.08. The molecule has 2 rings (SSSR count). The molecule has 0 aliphatic heterocycles. The number of carbonyl (C=O) groups is 1. The maximum absolute atomic E-state index is 11.3. The third kappa shape index (κ3) is 2.44. The Bertz CT molecular complexity index is 207. The summed E-state index contributed by atoms with van der Waals surface area (Å²) in [6.07, 6.45) is 6.06. The Balaban J connectivity index is 1.63. The smallest absolute Gasteiger partial charge is 0.234 e. The molecule has 0 heterocycles. The summed E-state index contributed by atoms with van der Waals surface area (Å²) in [5.41, 5.74) is 0.251. The van der Waals surface area contributed by atoms with Gasteiger partial charge in [0, 0.05) is 11.6 Å². The lowest BCUT2D eigenvalue weighted by atomic mass is 9.78. The van der Waals surface area contributed by atoms with Gasteiger partial charge in [-0.15, -0.1) is 0 Å². The average molecular weight is 182 g/mol. The standard InChI is InChI=1S/C10H18N2O/c1-10(5-2-6-10)11-7-9(13)12-8-3-4-8/h8,11H,2-7H2,1H3,(H,12,13). The van der Waals surface area contributed by atoms with Gasteiger partial charge in [0.1, 0.15) is 0 Å².